The van der Waals surface area contributed by atoms with Crippen molar-refractivity contribution in [1.29, 1.82) is 0 Å². The van der Waals surface area contributed by atoms with Crippen molar-refractivity contribution in [2.75, 3.05) is 5.75 Å². The van der Waals surface area contributed by atoms with Crippen LogP contribution in [-0.4, -0.2) is 63.1 Å². The van der Waals surface area contributed by atoms with E-state index in [2.05, 4.69) is 30.6 Å². The maximum absolute atomic E-state index is 13.8. The number of rotatable bonds is 13. The molecule has 0 aliphatic heterocycles. The normalized spacial score (nSPS) is 13.6. The number of carbonyl (C=O) groups excluding carboxylic acids is 2. The molecule has 0 fully saturated rings. The fraction of sp³-hybridized carbons (Fsp3) is 0.226. The molecule has 0 saturated carbocycles. The van der Waals surface area contributed by atoms with Gasteiger partial charge in [0.25, 0.3) is 5.91 Å². The third-order valence-corrected chi connectivity index (χ3v) is 8.42. The minimum atomic E-state index is -3.93. The molecule has 0 saturated heterocycles. The average Bonchev–Trinajstić information content (AvgIpc) is 3.48. The molecule has 0 spiro atoms. The van der Waals surface area contributed by atoms with Gasteiger partial charge in [-0.3, -0.25) is 19.6 Å². The van der Waals surface area contributed by atoms with Gasteiger partial charge < -0.3 is 20.2 Å². The first-order chi connectivity index (χ1) is 21.3. The van der Waals surface area contributed by atoms with Gasteiger partial charge in [-0.25, -0.2) is 18.4 Å². The van der Waals surface area contributed by atoms with Gasteiger partial charge in [0.2, 0.25) is 11.8 Å². The number of hydrogen-bond donors (Lipinski definition) is 3. The van der Waals surface area contributed by atoms with Crippen LogP contribution in [0.15, 0.2) is 102 Å². The van der Waals surface area contributed by atoms with E-state index in [-0.39, 0.29) is 18.0 Å². The molecule has 0 bridgehead atoms. The van der Waals surface area contributed by atoms with Gasteiger partial charge in [0, 0.05) is 24.8 Å². The molecule has 3 N–H and O–H groups in total. The first-order valence-electron chi connectivity index (χ1n) is 13.8. The summed E-state index contributed by atoms with van der Waals surface area (Å²) in [7, 11) is -3.93. The molecule has 2 amide bonds. The second-order valence-corrected chi connectivity index (χ2v) is 12.2. The maximum atomic E-state index is 13.8. The number of nitrogens with one attached hydrogen (secondary N) is 2. The summed E-state index contributed by atoms with van der Waals surface area (Å²) in [5, 5.41) is 16.6. The van der Waals surface area contributed by atoms with Crippen molar-refractivity contribution >= 4 is 32.8 Å². The van der Waals surface area contributed by atoms with E-state index in [1.165, 1.54) is 31.0 Å². The molecule has 3 atom stereocenters. The Balaban J connectivity index is 1.40. The number of aliphatic hydroxyl groups excluding tert-OH is 1. The topological polar surface area (TPSA) is 177 Å². The van der Waals surface area contributed by atoms with Crippen molar-refractivity contribution in [3.8, 4) is 0 Å². The molecule has 0 radical (unpaired) electrons. The molecule has 5 rings (SSSR count). The first-order valence-corrected chi connectivity index (χ1v) is 15.6. The van der Waals surface area contributed by atoms with Crippen LogP contribution in [0, 0.1) is 0 Å². The third kappa shape index (κ3) is 8.08. The summed E-state index contributed by atoms with van der Waals surface area (Å²) in [4.78, 5) is 42.9. The summed E-state index contributed by atoms with van der Waals surface area (Å²) in [6.07, 6.45) is 6.17. The zero-order valence-electron chi connectivity index (χ0n) is 23.5. The summed E-state index contributed by atoms with van der Waals surface area (Å²) >= 11 is 0. The monoisotopic (exact) mass is 614 g/mol. The van der Waals surface area contributed by atoms with Gasteiger partial charge in [-0.2, -0.15) is 0 Å². The molecular weight excluding hydrogens is 584 g/mol. The zero-order chi connectivity index (χ0) is 30.9. The highest BCUT2D eigenvalue weighted by Gasteiger charge is 2.33. The SMILES string of the molecule is O=C(N[C@@H](CS(=O)(=O)Cc1cccnc1)C(=O)N[C@@H](CCc1ccccc1)C(O)c1nc2ccccc2o1)c1cnccn1. The Morgan fingerprint density at radius 2 is 1.61 bits per heavy atom. The molecule has 13 heteroatoms. The number of amides is 2. The Morgan fingerprint density at radius 3 is 2.34 bits per heavy atom. The molecule has 2 aromatic carbocycles. The highest BCUT2D eigenvalue weighted by molar-refractivity contribution is 7.90. The van der Waals surface area contributed by atoms with Crippen LogP contribution < -0.4 is 10.6 Å². The standard InChI is InChI=1S/C31H30N6O6S/c38-28(31-37-23-10-4-5-11-27(23)43-31)24(13-12-21-7-2-1-3-8-21)35-30(40)26(36-29(39)25-18-33-15-16-34-25)20-44(41,42)19-22-9-6-14-32-17-22/h1-11,14-18,24,26,28,38H,12-13,19-20H2,(H,35,40)(H,36,39)/t24-,26-,28?/m0/s1. The van der Waals surface area contributed by atoms with E-state index in [0.29, 0.717) is 23.1 Å². The number of aliphatic hydroxyl groups is 1. The number of carbonyl (C=O) groups is 2. The number of para-hydroxylation sites is 2. The van der Waals surface area contributed by atoms with Gasteiger partial charge in [-0.15, -0.1) is 0 Å². The Labute approximate surface area is 253 Å². The van der Waals surface area contributed by atoms with Crippen molar-refractivity contribution in [2.24, 2.45) is 0 Å². The third-order valence-electron chi connectivity index (χ3n) is 6.81. The quantitative estimate of drug-likeness (QED) is 0.179. The number of sulfone groups is 1. The molecule has 0 aliphatic carbocycles. The summed E-state index contributed by atoms with van der Waals surface area (Å²) in [6, 6.07) is 17.2. The molecule has 12 nitrogen and oxygen atoms in total. The molecule has 1 unspecified atom stereocenters. The second kappa shape index (κ2) is 14.0. The molecular formula is C31H30N6O6S. The zero-order valence-corrected chi connectivity index (χ0v) is 24.3. The van der Waals surface area contributed by atoms with E-state index in [1.54, 1.807) is 36.4 Å². The lowest BCUT2D eigenvalue weighted by molar-refractivity contribution is -0.124. The largest absolute Gasteiger partial charge is 0.438 e. The number of nitrogens with zero attached hydrogens (tertiary/aromatic N) is 4. The smallest absolute Gasteiger partial charge is 0.272 e. The van der Waals surface area contributed by atoms with E-state index in [1.807, 2.05) is 30.3 Å². The Morgan fingerprint density at radius 1 is 0.864 bits per heavy atom. The number of aryl methyl sites for hydroxylation is 1. The number of pyridine rings is 1. The van der Waals surface area contributed by atoms with Crippen LogP contribution in [0.4, 0.5) is 0 Å². The van der Waals surface area contributed by atoms with Crippen molar-refractivity contribution in [1.82, 2.24) is 30.6 Å². The van der Waals surface area contributed by atoms with Gasteiger partial charge >= 0.3 is 0 Å². The van der Waals surface area contributed by atoms with Crippen LogP contribution in [0.2, 0.25) is 0 Å². The van der Waals surface area contributed by atoms with Gasteiger partial charge in [-0.1, -0.05) is 48.5 Å². The minimum Gasteiger partial charge on any atom is -0.438 e. The summed E-state index contributed by atoms with van der Waals surface area (Å²) < 4.78 is 32.2. The average molecular weight is 615 g/mol. The van der Waals surface area contributed by atoms with Gasteiger partial charge in [0.1, 0.15) is 17.3 Å². The number of hydrogen-bond acceptors (Lipinski definition) is 10. The van der Waals surface area contributed by atoms with Crippen LogP contribution in [0.5, 0.6) is 0 Å². The number of aromatic nitrogens is 4. The fourth-order valence-electron chi connectivity index (χ4n) is 4.63. The predicted octanol–water partition coefficient (Wildman–Crippen LogP) is 2.58. The summed E-state index contributed by atoms with van der Waals surface area (Å²) in [5.74, 6) is -2.71. The van der Waals surface area contributed by atoms with Crippen molar-refractivity contribution < 1.29 is 27.5 Å². The van der Waals surface area contributed by atoms with Crippen LogP contribution in [0.1, 0.15) is 40.0 Å². The second-order valence-electron chi connectivity index (χ2n) is 10.1. The van der Waals surface area contributed by atoms with E-state index < -0.39 is 51.3 Å². The molecule has 5 aromatic rings. The lowest BCUT2D eigenvalue weighted by atomic mass is 10.0. The van der Waals surface area contributed by atoms with Gasteiger partial charge in [0.05, 0.1) is 23.7 Å². The van der Waals surface area contributed by atoms with Crippen LogP contribution in [0.25, 0.3) is 11.1 Å². The minimum absolute atomic E-state index is 0.00564. The highest BCUT2D eigenvalue weighted by Crippen LogP contribution is 2.24. The van der Waals surface area contributed by atoms with Crippen molar-refractivity contribution in [2.45, 2.75) is 36.8 Å². The lowest BCUT2D eigenvalue weighted by Crippen LogP contribution is -2.54. The molecule has 3 aromatic heterocycles. The number of benzene rings is 2. The molecule has 3 heterocycles. The van der Waals surface area contributed by atoms with E-state index in [4.69, 9.17) is 4.42 Å². The molecule has 44 heavy (non-hydrogen) atoms. The fourth-order valence-corrected chi connectivity index (χ4v) is 6.17. The Kier molecular flexibility index (Phi) is 9.67. The lowest BCUT2D eigenvalue weighted by Gasteiger charge is -2.26. The van der Waals surface area contributed by atoms with Crippen LogP contribution >= 0.6 is 0 Å². The van der Waals surface area contributed by atoms with Crippen molar-refractivity contribution in [3.05, 3.63) is 120 Å². The number of fused-ring (bicyclic) bond motifs is 1. The first kappa shape index (κ1) is 30.4. The summed E-state index contributed by atoms with van der Waals surface area (Å²) in [5.41, 5.74) is 2.29. The Bertz CT molecular complexity index is 1770. The number of oxazole rings is 1. The maximum Gasteiger partial charge on any atom is 0.272 e. The predicted molar refractivity (Wildman–Crippen MR) is 161 cm³/mol. The molecule has 226 valence electrons. The van der Waals surface area contributed by atoms with E-state index in [0.717, 1.165) is 5.56 Å². The van der Waals surface area contributed by atoms with Crippen LogP contribution in [-0.2, 0) is 26.8 Å². The Hall–Kier alpha value is -5.01. The van der Waals surface area contributed by atoms with E-state index >= 15 is 0 Å². The van der Waals surface area contributed by atoms with Gasteiger partial charge in [0.15, 0.2) is 21.5 Å². The molecule has 0 aliphatic rings. The highest BCUT2D eigenvalue weighted by atomic mass is 32.2. The summed E-state index contributed by atoms with van der Waals surface area (Å²) in [6.45, 7) is 0. The van der Waals surface area contributed by atoms with Crippen molar-refractivity contribution in [3.63, 3.8) is 0 Å². The van der Waals surface area contributed by atoms with Crippen LogP contribution in [0.3, 0.4) is 0 Å². The van der Waals surface area contributed by atoms with Gasteiger partial charge in [-0.05, 0) is 42.2 Å². The van der Waals surface area contributed by atoms with E-state index in [9.17, 15) is 23.1 Å².